The lowest BCUT2D eigenvalue weighted by Gasteiger charge is -2.32. The lowest BCUT2D eigenvalue weighted by atomic mass is 10.1. The summed E-state index contributed by atoms with van der Waals surface area (Å²) >= 11 is 0. The number of aryl methyl sites for hydroxylation is 1. The van der Waals surface area contributed by atoms with E-state index in [1.54, 1.807) is 4.90 Å². The van der Waals surface area contributed by atoms with Crippen molar-refractivity contribution in [3.8, 4) is 0 Å². The summed E-state index contributed by atoms with van der Waals surface area (Å²) in [5.74, 6) is -0.0582. The predicted octanol–water partition coefficient (Wildman–Crippen LogP) is 1.12. The maximum absolute atomic E-state index is 12.6. The molecule has 5 nitrogen and oxygen atoms in total. The zero-order valence-electron chi connectivity index (χ0n) is 13.3. The molecule has 0 unspecified atom stereocenters. The average Bonchev–Trinajstić information content (AvgIpc) is 2.98. The molecule has 1 aliphatic heterocycles. The lowest BCUT2D eigenvalue weighted by molar-refractivity contribution is -0.139. The second kappa shape index (κ2) is 6.96. The maximum atomic E-state index is 12.6. The second-order valence-electron chi connectivity index (χ2n) is 6.14. The highest BCUT2D eigenvalue weighted by atomic mass is 16.2. The van der Waals surface area contributed by atoms with E-state index in [1.165, 1.54) is 11.1 Å². The van der Waals surface area contributed by atoms with Crippen molar-refractivity contribution in [2.45, 2.75) is 18.9 Å². The van der Waals surface area contributed by atoms with Crippen molar-refractivity contribution in [2.24, 2.45) is 0 Å². The van der Waals surface area contributed by atoms with Gasteiger partial charge in [0.2, 0.25) is 11.8 Å². The third kappa shape index (κ3) is 3.45. The summed E-state index contributed by atoms with van der Waals surface area (Å²) in [6.07, 6.45) is 3.92. The predicted molar refractivity (Wildman–Crippen MR) is 88.9 cm³/mol. The Labute approximate surface area is 137 Å². The number of amides is 2. The molecule has 0 radical (unpaired) electrons. The lowest BCUT2D eigenvalue weighted by Crippen LogP contribution is -2.52. The third-order valence-corrected chi connectivity index (χ3v) is 4.64. The number of hydrogen-bond donors (Lipinski definition) is 1. The van der Waals surface area contributed by atoms with E-state index in [9.17, 15) is 9.59 Å². The van der Waals surface area contributed by atoms with Gasteiger partial charge in [-0.25, -0.2) is 0 Å². The van der Waals surface area contributed by atoms with Crippen LogP contribution in [0.4, 0.5) is 0 Å². The quantitative estimate of drug-likeness (QED) is 0.829. The number of fused-ring (bicyclic) bond motifs is 1. The number of hydrogen-bond acceptors (Lipinski definition) is 3. The van der Waals surface area contributed by atoms with Crippen molar-refractivity contribution in [2.75, 3.05) is 32.7 Å². The molecule has 1 aromatic rings. The first-order valence-corrected chi connectivity index (χ1v) is 8.16. The molecule has 0 aromatic heterocycles. The molecule has 1 aromatic carbocycles. The first-order chi connectivity index (χ1) is 11.2. The van der Waals surface area contributed by atoms with E-state index < -0.39 is 0 Å². The fourth-order valence-corrected chi connectivity index (χ4v) is 3.51. The number of carbonyl (C=O) groups is 2. The van der Waals surface area contributed by atoms with Crippen molar-refractivity contribution in [3.63, 3.8) is 0 Å². The number of nitrogens with zero attached hydrogens (tertiary/aromatic N) is 2. The maximum Gasteiger partial charge on any atom is 0.239 e. The van der Waals surface area contributed by atoms with Crippen LogP contribution in [-0.4, -0.2) is 54.3 Å². The fraction of sp³-hybridized carbons (Fsp3) is 0.444. The van der Waals surface area contributed by atoms with Gasteiger partial charge < -0.3 is 10.2 Å². The molecule has 1 atom stereocenters. The van der Waals surface area contributed by atoms with Gasteiger partial charge >= 0.3 is 0 Å². The Morgan fingerprint density at radius 1 is 1.43 bits per heavy atom. The minimum atomic E-state index is -0.0777. The summed E-state index contributed by atoms with van der Waals surface area (Å²) in [7, 11) is 0. The minimum Gasteiger partial charge on any atom is -0.353 e. The van der Waals surface area contributed by atoms with E-state index in [-0.39, 0.29) is 24.4 Å². The minimum absolute atomic E-state index is 0.0195. The van der Waals surface area contributed by atoms with Gasteiger partial charge in [0.05, 0.1) is 13.1 Å². The molecule has 1 fully saturated rings. The molecule has 2 amide bonds. The number of nitrogens with one attached hydrogen (secondary N) is 1. The van der Waals surface area contributed by atoms with Crippen LogP contribution in [0.1, 0.15) is 23.6 Å². The van der Waals surface area contributed by atoms with Crippen LogP contribution in [-0.2, 0) is 16.0 Å². The summed E-state index contributed by atoms with van der Waals surface area (Å²) in [6, 6.07) is 8.70. The number of piperazine rings is 1. The Balaban J connectivity index is 1.71. The second-order valence-corrected chi connectivity index (χ2v) is 6.14. The first-order valence-electron chi connectivity index (χ1n) is 8.16. The highest BCUT2D eigenvalue weighted by Gasteiger charge is 2.30. The van der Waals surface area contributed by atoms with E-state index in [0.29, 0.717) is 26.2 Å². The van der Waals surface area contributed by atoms with Crippen LogP contribution in [0.3, 0.4) is 0 Å². The van der Waals surface area contributed by atoms with Crippen molar-refractivity contribution in [1.29, 1.82) is 0 Å². The number of carbonyl (C=O) groups excluding carboxylic acids is 2. The van der Waals surface area contributed by atoms with Crippen molar-refractivity contribution in [1.82, 2.24) is 15.1 Å². The topological polar surface area (TPSA) is 52.7 Å². The Bertz CT molecular complexity index is 614. The summed E-state index contributed by atoms with van der Waals surface area (Å²) in [4.78, 5) is 27.9. The van der Waals surface area contributed by atoms with E-state index in [4.69, 9.17) is 0 Å². The van der Waals surface area contributed by atoms with Crippen LogP contribution in [0, 0.1) is 0 Å². The highest BCUT2D eigenvalue weighted by molar-refractivity contribution is 5.86. The summed E-state index contributed by atoms with van der Waals surface area (Å²) in [5, 5.41) is 2.75. The number of rotatable bonds is 5. The molecule has 3 rings (SSSR count). The van der Waals surface area contributed by atoms with Crippen LogP contribution in [0.25, 0.3) is 0 Å². The summed E-state index contributed by atoms with van der Waals surface area (Å²) in [6.45, 7) is 6.13. The summed E-state index contributed by atoms with van der Waals surface area (Å²) < 4.78 is 0. The molecule has 23 heavy (non-hydrogen) atoms. The zero-order chi connectivity index (χ0) is 16.2. The monoisotopic (exact) mass is 313 g/mol. The standard InChI is InChI=1S/C18H23N3O2/c1-2-10-20(13-18(23)21-11-9-19-17(22)12-21)16-8-7-14-5-3-4-6-15(14)16/h2-6,16H,1,7-13H2,(H,19,22)/t16-/m1/s1. The van der Waals surface area contributed by atoms with Gasteiger partial charge in [-0.3, -0.25) is 14.5 Å². The largest absolute Gasteiger partial charge is 0.353 e. The van der Waals surface area contributed by atoms with Gasteiger partial charge in [0.15, 0.2) is 0 Å². The van der Waals surface area contributed by atoms with Crippen LogP contribution in [0.15, 0.2) is 36.9 Å². The SMILES string of the molecule is C=CCN(CC(=O)N1CCNC(=O)C1)[C@@H]1CCc2ccccc21. The highest BCUT2D eigenvalue weighted by Crippen LogP contribution is 2.35. The zero-order valence-corrected chi connectivity index (χ0v) is 13.3. The van der Waals surface area contributed by atoms with Gasteiger partial charge in [-0.05, 0) is 24.0 Å². The van der Waals surface area contributed by atoms with Gasteiger partial charge in [0, 0.05) is 25.7 Å². The molecule has 0 bridgehead atoms. The Hall–Kier alpha value is -2.14. The average molecular weight is 313 g/mol. The van der Waals surface area contributed by atoms with Gasteiger partial charge in [0.1, 0.15) is 0 Å². The van der Waals surface area contributed by atoms with E-state index >= 15 is 0 Å². The molecular weight excluding hydrogens is 290 g/mol. The van der Waals surface area contributed by atoms with Crippen molar-refractivity contribution < 1.29 is 9.59 Å². The molecule has 1 heterocycles. The van der Waals surface area contributed by atoms with Gasteiger partial charge in [0.25, 0.3) is 0 Å². The molecular formula is C18H23N3O2. The van der Waals surface area contributed by atoms with Gasteiger partial charge in [-0.1, -0.05) is 30.3 Å². The Morgan fingerprint density at radius 3 is 3.04 bits per heavy atom. The first kappa shape index (κ1) is 15.7. The van der Waals surface area contributed by atoms with Crippen molar-refractivity contribution >= 4 is 11.8 Å². The Kier molecular flexibility index (Phi) is 4.76. The smallest absolute Gasteiger partial charge is 0.239 e. The molecule has 1 saturated heterocycles. The molecule has 122 valence electrons. The molecule has 0 saturated carbocycles. The normalized spacial score (nSPS) is 20.3. The molecule has 5 heteroatoms. The molecule has 1 N–H and O–H groups in total. The van der Waals surface area contributed by atoms with E-state index in [0.717, 1.165) is 12.8 Å². The number of benzene rings is 1. The van der Waals surface area contributed by atoms with Gasteiger partial charge in [-0.15, -0.1) is 6.58 Å². The van der Waals surface area contributed by atoms with Crippen LogP contribution >= 0.6 is 0 Å². The van der Waals surface area contributed by atoms with Crippen LogP contribution in [0.5, 0.6) is 0 Å². The summed E-state index contributed by atoms with van der Waals surface area (Å²) in [5.41, 5.74) is 2.69. The van der Waals surface area contributed by atoms with Crippen LogP contribution in [0.2, 0.25) is 0 Å². The van der Waals surface area contributed by atoms with Gasteiger partial charge in [-0.2, -0.15) is 0 Å². The van der Waals surface area contributed by atoms with Crippen LogP contribution < -0.4 is 5.32 Å². The molecule has 1 aliphatic carbocycles. The molecule has 0 spiro atoms. The van der Waals surface area contributed by atoms with E-state index in [2.05, 4.69) is 41.1 Å². The molecule has 2 aliphatic rings. The third-order valence-electron chi connectivity index (χ3n) is 4.64. The van der Waals surface area contributed by atoms with Crippen molar-refractivity contribution in [3.05, 3.63) is 48.0 Å². The van der Waals surface area contributed by atoms with E-state index in [1.807, 2.05) is 6.08 Å². The fourth-order valence-electron chi connectivity index (χ4n) is 3.51. The Morgan fingerprint density at radius 2 is 2.26 bits per heavy atom.